The van der Waals surface area contributed by atoms with Crippen molar-refractivity contribution < 1.29 is 19.2 Å². The van der Waals surface area contributed by atoms with Crippen LogP contribution in [0, 0.1) is 0 Å². The molecule has 4 amide bonds. The van der Waals surface area contributed by atoms with Gasteiger partial charge in [0.05, 0.1) is 19.0 Å². The molecule has 0 spiro atoms. The smallest absolute Gasteiger partial charge is 0.245 e. The summed E-state index contributed by atoms with van der Waals surface area (Å²) in [5, 5.41) is 5.18. The standard InChI is InChI=1S/C15H23N6O4P/c1-21(8-13(17)23)15(25)11(5-9-3-2-4-18-7-9)19-14(24)10(20-26)6-12(16)22/h2-4,7,10-11,20H,5-6,8,26H2,1H3,(H2,16,22)(H2,17,23)(H,19,24)/t10-,11-/m0/s1. The summed E-state index contributed by atoms with van der Waals surface area (Å²) in [4.78, 5) is 52.2. The maximum absolute atomic E-state index is 12.6. The number of carbonyl (C=O) groups is 4. The monoisotopic (exact) mass is 382 g/mol. The second-order valence-electron chi connectivity index (χ2n) is 5.68. The van der Waals surface area contributed by atoms with E-state index in [0.717, 1.165) is 4.90 Å². The minimum absolute atomic E-state index is 0.154. The normalized spacial score (nSPS) is 12.7. The summed E-state index contributed by atoms with van der Waals surface area (Å²) >= 11 is 0. The molecule has 10 nitrogen and oxygen atoms in total. The van der Waals surface area contributed by atoms with E-state index in [0.29, 0.717) is 5.56 Å². The fourth-order valence-corrected chi connectivity index (χ4v) is 2.50. The number of nitrogens with zero attached hydrogens (tertiary/aromatic N) is 2. The highest BCUT2D eigenvalue weighted by molar-refractivity contribution is 7.13. The van der Waals surface area contributed by atoms with Crippen LogP contribution in [0.3, 0.4) is 0 Å². The van der Waals surface area contributed by atoms with Crippen molar-refractivity contribution in [2.24, 2.45) is 11.5 Å². The lowest BCUT2D eigenvalue weighted by molar-refractivity contribution is -0.138. The summed E-state index contributed by atoms with van der Waals surface area (Å²) in [6.07, 6.45) is 3.07. The summed E-state index contributed by atoms with van der Waals surface area (Å²) in [7, 11) is 3.54. The number of pyridine rings is 1. The van der Waals surface area contributed by atoms with E-state index in [9.17, 15) is 19.2 Å². The van der Waals surface area contributed by atoms with Gasteiger partial charge in [-0.2, -0.15) is 0 Å². The molecule has 6 N–H and O–H groups in total. The molecule has 3 atom stereocenters. The fourth-order valence-electron chi connectivity index (χ4n) is 2.23. The molecule has 26 heavy (non-hydrogen) atoms. The molecule has 11 heteroatoms. The van der Waals surface area contributed by atoms with Crippen LogP contribution in [0.1, 0.15) is 12.0 Å². The second kappa shape index (κ2) is 10.4. The Kier molecular flexibility index (Phi) is 8.60. The van der Waals surface area contributed by atoms with Gasteiger partial charge in [-0.3, -0.25) is 29.2 Å². The van der Waals surface area contributed by atoms with Crippen molar-refractivity contribution in [3.8, 4) is 0 Å². The average Bonchev–Trinajstić information content (AvgIpc) is 2.58. The van der Waals surface area contributed by atoms with Crippen molar-refractivity contribution >= 4 is 33.0 Å². The van der Waals surface area contributed by atoms with Crippen molar-refractivity contribution in [3.05, 3.63) is 30.1 Å². The molecule has 1 aromatic heterocycles. The van der Waals surface area contributed by atoms with E-state index in [1.54, 1.807) is 24.5 Å². The number of primary amides is 2. The number of likely N-dealkylation sites (N-methyl/N-ethyl adjacent to an activating group) is 1. The molecule has 1 rings (SSSR count). The largest absolute Gasteiger partial charge is 0.370 e. The number of hydrogen-bond donors (Lipinski definition) is 4. The zero-order valence-corrected chi connectivity index (χ0v) is 15.5. The lowest BCUT2D eigenvalue weighted by atomic mass is 10.1. The Morgan fingerprint density at radius 1 is 1.23 bits per heavy atom. The molecule has 0 fully saturated rings. The highest BCUT2D eigenvalue weighted by Gasteiger charge is 2.28. The predicted molar refractivity (Wildman–Crippen MR) is 97.1 cm³/mol. The van der Waals surface area contributed by atoms with Gasteiger partial charge in [-0.1, -0.05) is 15.5 Å². The first-order chi connectivity index (χ1) is 12.2. The average molecular weight is 382 g/mol. The Labute approximate surface area is 153 Å². The van der Waals surface area contributed by atoms with Crippen LogP contribution in [0.5, 0.6) is 0 Å². The Morgan fingerprint density at radius 2 is 1.92 bits per heavy atom. The first kappa shape index (κ1) is 21.5. The molecular formula is C15H23N6O4P. The molecule has 1 aromatic rings. The van der Waals surface area contributed by atoms with Crippen LogP contribution >= 0.6 is 9.39 Å². The van der Waals surface area contributed by atoms with Crippen molar-refractivity contribution in [1.82, 2.24) is 20.3 Å². The Balaban J connectivity index is 2.95. The van der Waals surface area contributed by atoms with E-state index >= 15 is 0 Å². The van der Waals surface area contributed by atoms with Crippen LogP contribution in [0.25, 0.3) is 0 Å². The summed E-state index contributed by atoms with van der Waals surface area (Å²) in [6, 6.07) is 1.57. The van der Waals surface area contributed by atoms with Gasteiger partial charge in [0.2, 0.25) is 23.6 Å². The number of aromatic nitrogens is 1. The third kappa shape index (κ3) is 7.12. The van der Waals surface area contributed by atoms with Gasteiger partial charge in [0.1, 0.15) is 6.04 Å². The van der Waals surface area contributed by atoms with Gasteiger partial charge in [0, 0.05) is 25.9 Å². The first-order valence-electron chi connectivity index (χ1n) is 7.71. The Bertz CT molecular complexity index is 657. The number of carbonyl (C=O) groups excluding carboxylic acids is 4. The van der Waals surface area contributed by atoms with Gasteiger partial charge in [-0.15, -0.1) is 0 Å². The van der Waals surface area contributed by atoms with E-state index in [1.165, 1.54) is 7.05 Å². The van der Waals surface area contributed by atoms with Gasteiger partial charge in [-0.25, -0.2) is 0 Å². The molecule has 142 valence electrons. The van der Waals surface area contributed by atoms with Gasteiger partial charge in [0.25, 0.3) is 0 Å². The summed E-state index contributed by atoms with van der Waals surface area (Å²) in [5.74, 6) is -2.41. The van der Waals surface area contributed by atoms with E-state index in [1.807, 2.05) is 0 Å². The number of rotatable bonds is 10. The molecular weight excluding hydrogens is 359 g/mol. The van der Waals surface area contributed by atoms with Gasteiger partial charge < -0.3 is 21.7 Å². The predicted octanol–water partition coefficient (Wildman–Crippen LogP) is -2.32. The minimum Gasteiger partial charge on any atom is -0.370 e. The zero-order chi connectivity index (χ0) is 19.7. The maximum atomic E-state index is 12.6. The number of nitrogens with one attached hydrogen (secondary N) is 2. The lowest BCUT2D eigenvalue weighted by Gasteiger charge is -2.25. The number of amides is 4. The minimum atomic E-state index is -0.968. The summed E-state index contributed by atoms with van der Waals surface area (Å²) in [5.41, 5.74) is 10.9. The van der Waals surface area contributed by atoms with Crippen molar-refractivity contribution in [3.63, 3.8) is 0 Å². The third-order valence-electron chi connectivity index (χ3n) is 3.47. The number of nitrogens with two attached hydrogens (primary N) is 2. The molecule has 0 saturated heterocycles. The molecule has 0 radical (unpaired) electrons. The van der Waals surface area contributed by atoms with Gasteiger partial charge >= 0.3 is 0 Å². The van der Waals surface area contributed by atoms with Gasteiger partial charge in [0.15, 0.2) is 0 Å². The fraction of sp³-hybridized carbons (Fsp3) is 0.400. The van der Waals surface area contributed by atoms with E-state index in [4.69, 9.17) is 11.5 Å². The van der Waals surface area contributed by atoms with E-state index in [2.05, 4.69) is 24.8 Å². The molecule has 0 saturated carbocycles. The van der Waals surface area contributed by atoms with Crippen LogP contribution < -0.4 is 21.9 Å². The van der Waals surface area contributed by atoms with Gasteiger partial charge in [-0.05, 0) is 11.6 Å². The zero-order valence-electron chi connectivity index (χ0n) is 14.3. The molecule has 0 aromatic carbocycles. The van der Waals surface area contributed by atoms with Crippen molar-refractivity contribution in [2.45, 2.75) is 24.9 Å². The van der Waals surface area contributed by atoms with Crippen molar-refractivity contribution in [1.29, 1.82) is 0 Å². The number of hydrogen-bond acceptors (Lipinski definition) is 6. The van der Waals surface area contributed by atoms with Crippen molar-refractivity contribution in [2.75, 3.05) is 13.6 Å². The topological polar surface area (TPSA) is 161 Å². The molecule has 0 bridgehead atoms. The third-order valence-corrected chi connectivity index (χ3v) is 3.87. The first-order valence-corrected chi connectivity index (χ1v) is 8.29. The Morgan fingerprint density at radius 3 is 2.42 bits per heavy atom. The quantitative estimate of drug-likeness (QED) is 0.332. The summed E-state index contributed by atoms with van der Waals surface area (Å²) in [6.45, 7) is -0.287. The molecule has 1 heterocycles. The second-order valence-corrected chi connectivity index (χ2v) is 6.01. The van der Waals surface area contributed by atoms with Crippen LogP contribution in [0.15, 0.2) is 24.5 Å². The molecule has 0 aliphatic heterocycles. The van der Waals surface area contributed by atoms with Crippen LogP contribution in [0.2, 0.25) is 0 Å². The van der Waals surface area contributed by atoms with E-state index in [-0.39, 0.29) is 19.4 Å². The van der Waals surface area contributed by atoms with Crippen LogP contribution in [-0.4, -0.2) is 59.2 Å². The maximum Gasteiger partial charge on any atom is 0.245 e. The molecule has 1 unspecified atom stereocenters. The van der Waals surface area contributed by atoms with E-state index < -0.39 is 35.7 Å². The summed E-state index contributed by atoms with van der Waals surface area (Å²) < 4.78 is 0. The Hall–Kier alpha value is -2.58. The van der Waals surface area contributed by atoms with Crippen LogP contribution in [-0.2, 0) is 25.6 Å². The SMILES string of the molecule is CN(CC(N)=O)C(=O)[C@H](Cc1cccnc1)NC(=O)[C@H](CC(N)=O)NP. The molecule has 0 aliphatic carbocycles. The van der Waals surface area contributed by atoms with Crippen LogP contribution in [0.4, 0.5) is 0 Å². The lowest BCUT2D eigenvalue weighted by Crippen LogP contribution is -2.54. The highest BCUT2D eigenvalue weighted by Crippen LogP contribution is 2.06. The molecule has 0 aliphatic rings. The highest BCUT2D eigenvalue weighted by atomic mass is 31.0.